The maximum Gasteiger partial charge on any atom is 0.0987 e. The van der Waals surface area contributed by atoms with Gasteiger partial charge >= 0.3 is 0 Å². The van der Waals surface area contributed by atoms with Gasteiger partial charge in [0.25, 0.3) is 0 Å². The Morgan fingerprint density at radius 1 is 1.47 bits per heavy atom. The van der Waals surface area contributed by atoms with Gasteiger partial charge in [0.2, 0.25) is 0 Å². The van der Waals surface area contributed by atoms with Gasteiger partial charge in [0.15, 0.2) is 0 Å². The summed E-state index contributed by atoms with van der Waals surface area (Å²) in [6, 6.07) is 9.08. The predicted molar refractivity (Wildman–Crippen MR) is 80.3 cm³/mol. The molecular formula is C15H22BrNO2. The average Bonchev–Trinajstić information content (AvgIpc) is 2.37. The van der Waals surface area contributed by atoms with Gasteiger partial charge in [-0.3, -0.25) is 0 Å². The van der Waals surface area contributed by atoms with Gasteiger partial charge in [-0.25, -0.2) is 0 Å². The van der Waals surface area contributed by atoms with E-state index in [0.29, 0.717) is 12.1 Å². The Labute approximate surface area is 123 Å². The molecule has 19 heavy (non-hydrogen) atoms. The fourth-order valence-electron chi connectivity index (χ4n) is 2.63. The molecule has 0 saturated heterocycles. The first-order chi connectivity index (χ1) is 9.15. The van der Waals surface area contributed by atoms with E-state index in [0.717, 1.165) is 17.5 Å². The summed E-state index contributed by atoms with van der Waals surface area (Å²) in [6.07, 6.45) is 1.42. The zero-order chi connectivity index (χ0) is 13.8. The van der Waals surface area contributed by atoms with E-state index in [4.69, 9.17) is 9.47 Å². The van der Waals surface area contributed by atoms with Crippen LogP contribution in [-0.4, -0.2) is 32.0 Å². The van der Waals surface area contributed by atoms with Crippen LogP contribution in [0.2, 0.25) is 0 Å². The highest BCUT2D eigenvalue weighted by molar-refractivity contribution is 9.10. The standard InChI is InChI=1S/C15H22BrNO2/c1-4-19-14-9-13(15(14)18-3)17-10(2)11-6-5-7-12(16)8-11/h5-8,10,13-15,17H,4,9H2,1-3H3/t10-,13?,14?,15?/m1/s1. The molecule has 1 fully saturated rings. The quantitative estimate of drug-likeness (QED) is 0.869. The summed E-state index contributed by atoms with van der Waals surface area (Å²) >= 11 is 3.51. The van der Waals surface area contributed by atoms with Crippen molar-refractivity contribution in [2.24, 2.45) is 0 Å². The third-order valence-corrected chi connectivity index (χ3v) is 4.21. The Morgan fingerprint density at radius 3 is 2.89 bits per heavy atom. The molecule has 1 aliphatic carbocycles. The Hall–Kier alpha value is -0.420. The van der Waals surface area contributed by atoms with Gasteiger partial charge in [-0.05, 0) is 38.0 Å². The van der Waals surface area contributed by atoms with Gasteiger partial charge in [0.1, 0.15) is 0 Å². The molecule has 2 rings (SSSR count). The van der Waals surface area contributed by atoms with E-state index in [1.54, 1.807) is 7.11 Å². The van der Waals surface area contributed by atoms with Crippen LogP contribution in [0.25, 0.3) is 0 Å². The van der Waals surface area contributed by atoms with Crippen LogP contribution in [0, 0.1) is 0 Å². The molecule has 106 valence electrons. The third-order valence-electron chi connectivity index (χ3n) is 3.71. The van der Waals surface area contributed by atoms with Gasteiger partial charge in [-0.1, -0.05) is 28.1 Å². The lowest BCUT2D eigenvalue weighted by Gasteiger charge is -2.44. The summed E-state index contributed by atoms with van der Waals surface area (Å²) in [5.74, 6) is 0. The van der Waals surface area contributed by atoms with Crippen LogP contribution in [0.1, 0.15) is 31.9 Å². The molecule has 0 spiro atoms. The Bertz CT molecular complexity index is 413. The number of hydrogen-bond acceptors (Lipinski definition) is 3. The molecule has 0 amide bonds. The molecule has 1 aliphatic rings. The summed E-state index contributed by atoms with van der Waals surface area (Å²) in [5.41, 5.74) is 1.28. The molecule has 3 unspecified atom stereocenters. The first-order valence-electron chi connectivity index (χ1n) is 6.81. The second-order valence-electron chi connectivity index (χ2n) is 4.98. The highest BCUT2D eigenvalue weighted by Gasteiger charge is 2.42. The molecule has 0 aromatic heterocycles. The van der Waals surface area contributed by atoms with E-state index in [9.17, 15) is 0 Å². The molecule has 0 heterocycles. The van der Waals surface area contributed by atoms with E-state index in [1.807, 2.05) is 13.0 Å². The zero-order valence-electron chi connectivity index (χ0n) is 11.7. The van der Waals surface area contributed by atoms with Crippen molar-refractivity contribution in [3.8, 4) is 0 Å². The van der Waals surface area contributed by atoms with Crippen LogP contribution in [0.15, 0.2) is 28.7 Å². The lowest BCUT2D eigenvalue weighted by Crippen LogP contribution is -2.60. The summed E-state index contributed by atoms with van der Waals surface area (Å²) < 4.78 is 12.3. The molecule has 1 aromatic rings. The molecule has 3 nitrogen and oxygen atoms in total. The minimum Gasteiger partial charge on any atom is -0.377 e. The molecule has 4 atom stereocenters. The van der Waals surface area contributed by atoms with Gasteiger partial charge in [0.05, 0.1) is 12.2 Å². The topological polar surface area (TPSA) is 30.5 Å². The van der Waals surface area contributed by atoms with E-state index >= 15 is 0 Å². The second kappa shape index (κ2) is 6.84. The van der Waals surface area contributed by atoms with E-state index in [-0.39, 0.29) is 12.2 Å². The summed E-state index contributed by atoms with van der Waals surface area (Å²) in [5, 5.41) is 3.62. The predicted octanol–water partition coefficient (Wildman–Crippen LogP) is 3.29. The van der Waals surface area contributed by atoms with Gasteiger partial charge < -0.3 is 14.8 Å². The van der Waals surface area contributed by atoms with Crippen LogP contribution < -0.4 is 5.32 Å². The van der Waals surface area contributed by atoms with E-state index < -0.39 is 0 Å². The minimum atomic E-state index is 0.162. The van der Waals surface area contributed by atoms with Crippen LogP contribution in [-0.2, 0) is 9.47 Å². The fraction of sp³-hybridized carbons (Fsp3) is 0.600. The first-order valence-corrected chi connectivity index (χ1v) is 7.61. The molecular weight excluding hydrogens is 306 g/mol. The van der Waals surface area contributed by atoms with Crippen LogP contribution in [0.3, 0.4) is 0 Å². The average molecular weight is 328 g/mol. The van der Waals surface area contributed by atoms with Gasteiger partial charge in [-0.2, -0.15) is 0 Å². The van der Waals surface area contributed by atoms with Crippen molar-refractivity contribution in [2.75, 3.05) is 13.7 Å². The van der Waals surface area contributed by atoms with E-state index in [2.05, 4.69) is 46.4 Å². The first kappa shape index (κ1) is 15.0. The van der Waals surface area contributed by atoms with Crippen molar-refractivity contribution < 1.29 is 9.47 Å². The molecule has 1 aromatic carbocycles. The monoisotopic (exact) mass is 327 g/mol. The zero-order valence-corrected chi connectivity index (χ0v) is 13.3. The number of ether oxygens (including phenoxy) is 2. The summed E-state index contributed by atoms with van der Waals surface area (Å²) in [4.78, 5) is 0. The van der Waals surface area contributed by atoms with Gasteiger partial charge in [-0.15, -0.1) is 0 Å². The molecule has 4 heteroatoms. The van der Waals surface area contributed by atoms with Crippen molar-refractivity contribution in [1.29, 1.82) is 0 Å². The van der Waals surface area contributed by atoms with Crippen molar-refractivity contribution in [2.45, 2.75) is 44.6 Å². The summed E-state index contributed by atoms with van der Waals surface area (Å²) in [6.45, 7) is 4.96. The maximum absolute atomic E-state index is 5.65. The number of hydrogen-bond donors (Lipinski definition) is 1. The maximum atomic E-state index is 5.65. The second-order valence-corrected chi connectivity index (χ2v) is 5.90. The van der Waals surface area contributed by atoms with Crippen molar-refractivity contribution in [3.05, 3.63) is 34.3 Å². The highest BCUT2D eigenvalue weighted by atomic mass is 79.9. The van der Waals surface area contributed by atoms with Crippen molar-refractivity contribution in [1.82, 2.24) is 5.32 Å². The number of nitrogens with one attached hydrogen (secondary N) is 1. The molecule has 1 N–H and O–H groups in total. The van der Waals surface area contributed by atoms with Crippen LogP contribution in [0.5, 0.6) is 0 Å². The smallest absolute Gasteiger partial charge is 0.0987 e. The van der Waals surface area contributed by atoms with Gasteiger partial charge in [0, 0.05) is 30.3 Å². The number of halogens is 1. The lowest BCUT2D eigenvalue weighted by molar-refractivity contribution is -0.133. The largest absolute Gasteiger partial charge is 0.377 e. The van der Waals surface area contributed by atoms with E-state index in [1.165, 1.54) is 5.56 Å². The molecule has 0 aliphatic heterocycles. The van der Waals surface area contributed by atoms with Crippen molar-refractivity contribution in [3.63, 3.8) is 0 Å². The Balaban J connectivity index is 1.91. The number of rotatable bonds is 6. The molecule has 0 bridgehead atoms. The lowest BCUT2D eigenvalue weighted by atomic mass is 9.84. The normalized spacial score (nSPS) is 27.9. The minimum absolute atomic E-state index is 0.162. The van der Waals surface area contributed by atoms with Crippen LogP contribution in [0.4, 0.5) is 0 Å². The number of benzene rings is 1. The highest BCUT2D eigenvalue weighted by Crippen LogP contribution is 2.29. The van der Waals surface area contributed by atoms with Crippen LogP contribution >= 0.6 is 15.9 Å². The molecule has 1 saturated carbocycles. The Kier molecular flexibility index (Phi) is 5.39. The number of methoxy groups -OCH3 is 1. The summed E-state index contributed by atoms with van der Waals surface area (Å²) in [7, 11) is 1.76. The fourth-order valence-corrected chi connectivity index (χ4v) is 3.05. The SMILES string of the molecule is CCOC1CC(N[C@H](C)c2cccc(Br)c2)C1OC. The third kappa shape index (κ3) is 3.57. The van der Waals surface area contributed by atoms with Crippen molar-refractivity contribution >= 4 is 15.9 Å². The molecule has 0 radical (unpaired) electrons. The Morgan fingerprint density at radius 2 is 2.26 bits per heavy atom.